The van der Waals surface area contributed by atoms with Crippen LogP contribution in [-0.2, 0) is 0 Å². The average molecular weight is 130 g/mol. The molecule has 3 heteroatoms. The van der Waals surface area contributed by atoms with Crippen LogP contribution >= 0.6 is 0 Å². The van der Waals surface area contributed by atoms with Crippen LogP contribution in [-0.4, -0.2) is 17.8 Å². The zero-order chi connectivity index (χ0) is 6.97. The fourth-order valence-electron chi connectivity index (χ4n) is 1.10. The summed E-state index contributed by atoms with van der Waals surface area (Å²) in [5, 5.41) is 1.21. The number of H-pyrrole nitrogens is 1. The van der Waals surface area contributed by atoms with Gasteiger partial charge in [0.25, 0.3) is 0 Å². The average Bonchev–Trinajstić information content (AvgIpc) is 2.36. The summed E-state index contributed by atoms with van der Waals surface area (Å²) in [7, 11) is 2.08. The second kappa shape index (κ2) is 1.87. The van der Waals surface area contributed by atoms with Crippen LogP contribution in [0.5, 0.6) is 0 Å². The third-order valence-corrected chi connectivity index (χ3v) is 1.68. The Labute approximate surface area is 59.7 Å². The predicted molar refractivity (Wildman–Crippen MR) is 44.3 cm³/mol. The van der Waals surface area contributed by atoms with E-state index >= 15 is 0 Å². The minimum Gasteiger partial charge on any atom is -0.346 e. The van der Waals surface area contributed by atoms with Crippen molar-refractivity contribution in [2.45, 2.75) is 0 Å². The molecule has 0 saturated carbocycles. The lowest BCUT2D eigenvalue weighted by Gasteiger charge is -1.91. The largest absolute Gasteiger partial charge is 0.346 e. The topological polar surface area (TPSA) is 28.7 Å². The molecule has 2 heterocycles. The second-order valence-corrected chi connectivity index (χ2v) is 2.37. The lowest BCUT2D eigenvalue weighted by atomic mass is 9.95. The van der Waals surface area contributed by atoms with E-state index < -0.39 is 0 Å². The van der Waals surface area contributed by atoms with Gasteiger partial charge in [0.1, 0.15) is 13.5 Å². The number of fused-ring (bicyclic) bond motifs is 1. The molecule has 2 aromatic rings. The molecule has 0 saturated heterocycles. The van der Waals surface area contributed by atoms with Crippen LogP contribution in [0.1, 0.15) is 0 Å². The number of nitrogens with zero attached hydrogens (tertiary/aromatic N) is 1. The fourth-order valence-corrected chi connectivity index (χ4v) is 1.10. The molecule has 2 rings (SSSR count). The van der Waals surface area contributed by atoms with Gasteiger partial charge in [-0.15, -0.1) is 0 Å². The van der Waals surface area contributed by atoms with Gasteiger partial charge in [-0.05, 0) is 12.1 Å². The van der Waals surface area contributed by atoms with Gasteiger partial charge in [0.05, 0.1) is 0 Å². The lowest BCUT2D eigenvalue weighted by molar-refractivity contribution is 1.33. The number of hydrogen-bond acceptors (Lipinski definition) is 1. The van der Waals surface area contributed by atoms with Crippen LogP contribution in [0.4, 0.5) is 0 Å². The van der Waals surface area contributed by atoms with Crippen molar-refractivity contribution in [2.75, 3.05) is 0 Å². The molecule has 0 aliphatic carbocycles. The first-order valence-electron chi connectivity index (χ1n) is 3.26. The standard InChI is InChI=1S/C7H7BN2/c8-6-2-4-10-7-5(6)1-3-9-7/h1-4H,8H2,(H,9,10). The molecule has 2 aromatic heterocycles. The van der Waals surface area contributed by atoms with Crippen LogP contribution in [0, 0.1) is 0 Å². The number of hydrogen-bond donors (Lipinski definition) is 1. The number of nitrogens with one attached hydrogen (secondary N) is 1. The van der Waals surface area contributed by atoms with Gasteiger partial charge in [-0.2, -0.15) is 0 Å². The van der Waals surface area contributed by atoms with Gasteiger partial charge in [-0.3, -0.25) is 0 Å². The molecule has 0 bridgehead atoms. The van der Waals surface area contributed by atoms with Crippen molar-refractivity contribution >= 4 is 24.3 Å². The van der Waals surface area contributed by atoms with E-state index in [2.05, 4.69) is 17.8 Å². The molecule has 0 aromatic carbocycles. The summed E-state index contributed by atoms with van der Waals surface area (Å²) < 4.78 is 0. The molecule has 0 unspecified atom stereocenters. The Kier molecular flexibility index (Phi) is 1.03. The molecule has 0 aliphatic rings. The molecule has 2 nitrogen and oxygen atoms in total. The van der Waals surface area contributed by atoms with Gasteiger partial charge in [-0.1, -0.05) is 5.46 Å². The van der Waals surface area contributed by atoms with Crippen molar-refractivity contribution in [1.29, 1.82) is 0 Å². The Morgan fingerprint density at radius 1 is 1.40 bits per heavy atom. The maximum atomic E-state index is 4.15. The summed E-state index contributed by atoms with van der Waals surface area (Å²) in [5.41, 5.74) is 2.24. The Morgan fingerprint density at radius 3 is 3.10 bits per heavy atom. The van der Waals surface area contributed by atoms with E-state index in [-0.39, 0.29) is 0 Å². The lowest BCUT2D eigenvalue weighted by Crippen LogP contribution is -2.02. The van der Waals surface area contributed by atoms with Crippen molar-refractivity contribution in [2.24, 2.45) is 0 Å². The van der Waals surface area contributed by atoms with Crippen LogP contribution in [0.2, 0.25) is 0 Å². The number of aromatic nitrogens is 2. The minimum absolute atomic E-state index is 0.972. The van der Waals surface area contributed by atoms with Gasteiger partial charge in [-0.25, -0.2) is 4.98 Å². The molecule has 0 aliphatic heterocycles. The van der Waals surface area contributed by atoms with Crippen molar-refractivity contribution in [3.63, 3.8) is 0 Å². The highest BCUT2D eigenvalue weighted by Crippen LogP contribution is 2.03. The molecule has 0 amide bonds. The Balaban J connectivity index is 2.95. The molecule has 10 heavy (non-hydrogen) atoms. The molecule has 1 N–H and O–H groups in total. The molecule has 0 radical (unpaired) electrons. The van der Waals surface area contributed by atoms with E-state index in [0.717, 1.165) is 5.65 Å². The van der Waals surface area contributed by atoms with Gasteiger partial charge < -0.3 is 4.98 Å². The zero-order valence-electron chi connectivity index (χ0n) is 5.76. The first-order chi connectivity index (χ1) is 4.88. The molecular formula is C7H7BN2. The van der Waals surface area contributed by atoms with Crippen molar-refractivity contribution in [3.8, 4) is 0 Å². The van der Waals surface area contributed by atoms with E-state index in [1.165, 1.54) is 10.8 Å². The third-order valence-electron chi connectivity index (χ3n) is 1.68. The predicted octanol–water partition coefficient (Wildman–Crippen LogP) is -0.179. The van der Waals surface area contributed by atoms with Crippen LogP contribution in [0.25, 0.3) is 11.0 Å². The van der Waals surface area contributed by atoms with Crippen LogP contribution in [0.15, 0.2) is 24.5 Å². The molecular weight excluding hydrogens is 123 g/mol. The Morgan fingerprint density at radius 2 is 2.30 bits per heavy atom. The van der Waals surface area contributed by atoms with E-state index in [1.807, 2.05) is 24.5 Å². The number of aromatic amines is 1. The third kappa shape index (κ3) is 0.636. The van der Waals surface area contributed by atoms with Crippen LogP contribution < -0.4 is 5.46 Å². The SMILES string of the molecule is Bc1ccnc2[nH]ccc12. The van der Waals surface area contributed by atoms with E-state index in [1.54, 1.807) is 0 Å². The van der Waals surface area contributed by atoms with Crippen molar-refractivity contribution in [1.82, 2.24) is 9.97 Å². The minimum atomic E-state index is 0.972. The molecule has 0 fully saturated rings. The highest BCUT2D eigenvalue weighted by atomic mass is 14.8. The zero-order valence-corrected chi connectivity index (χ0v) is 5.76. The molecule has 48 valence electrons. The van der Waals surface area contributed by atoms with E-state index in [0.29, 0.717) is 0 Å². The highest BCUT2D eigenvalue weighted by Gasteiger charge is 1.95. The first kappa shape index (κ1) is 5.53. The smallest absolute Gasteiger partial charge is 0.140 e. The summed E-state index contributed by atoms with van der Waals surface area (Å²) in [6.07, 6.45) is 3.72. The Bertz CT molecular complexity index is 353. The van der Waals surface area contributed by atoms with Crippen molar-refractivity contribution in [3.05, 3.63) is 24.5 Å². The quantitative estimate of drug-likeness (QED) is 0.492. The number of rotatable bonds is 0. The maximum absolute atomic E-state index is 4.15. The summed E-state index contributed by atoms with van der Waals surface area (Å²) in [6.45, 7) is 0. The van der Waals surface area contributed by atoms with Crippen LogP contribution in [0.3, 0.4) is 0 Å². The monoisotopic (exact) mass is 130 g/mol. The van der Waals surface area contributed by atoms with E-state index in [9.17, 15) is 0 Å². The normalized spacial score (nSPS) is 10.4. The Hall–Kier alpha value is -1.25. The van der Waals surface area contributed by atoms with Gasteiger partial charge in [0.15, 0.2) is 0 Å². The summed E-state index contributed by atoms with van der Waals surface area (Å²) >= 11 is 0. The highest BCUT2D eigenvalue weighted by molar-refractivity contribution is 6.38. The van der Waals surface area contributed by atoms with E-state index in [4.69, 9.17) is 0 Å². The fraction of sp³-hybridized carbons (Fsp3) is 0. The molecule has 0 spiro atoms. The summed E-state index contributed by atoms with van der Waals surface area (Å²) in [6, 6.07) is 4.05. The first-order valence-corrected chi connectivity index (χ1v) is 3.26. The van der Waals surface area contributed by atoms with Gasteiger partial charge >= 0.3 is 0 Å². The summed E-state index contributed by atoms with van der Waals surface area (Å²) in [4.78, 5) is 7.20. The van der Waals surface area contributed by atoms with Gasteiger partial charge in [0, 0.05) is 17.8 Å². The number of pyridine rings is 1. The maximum Gasteiger partial charge on any atom is 0.140 e. The van der Waals surface area contributed by atoms with Crippen molar-refractivity contribution < 1.29 is 0 Å². The van der Waals surface area contributed by atoms with Gasteiger partial charge in [0.2, 0.25) is 0 Å². The summed E-state index contributed by atoms with van der Waals surface area (Å²) in [5.74, 6) is 0. The second-order valence-electron chi connectivity index (χ2n) is 2.37. The molecule has 0 atom stereocenters.